The second-order valence-electron chi connectivity index (χ2n) is 3.87. The van der Waals surface area contributed by atoms with Gasteiger partial charge in [-0.1, -0.05) is 5.16 Å². The number of nitrogens with one attached hydrogen (secondary N) is 1. The van der Waals surface area contributed by atoms with Crippen LogP contribution in [0.1, 0.15) is 24.7 Å². The molecule has 6 nitrogen and oxygen atoms in total. The summed E-state index contributed by atoms with van der Waals surface area (Å²) in [5.41, 5.74) is 0. The molecule has 6 heteroatoms. The first-order valence-electron chi connectivity index (χ1n) is 5.48. The molecule has 0 spiro atoms. The van der Waals surface area contributed by atoms with Gasteiger partial charge in [-0.3, -0.25) is 0 Å². The van der Waals surface area contributed by atoms with Gasteiger partial charge in [-0.05, 0) is 14.0 Å². The van der Waals surface area contributed by atoms with Crippen LogP contribution in [0.3, 0.4) is 0 Å². The quantitative estimate of drug-likeness (QED) is 0.798. The average Bonchev–Trinajstić information content (AvgIpc) is 2.78. The van der Waals surface area contributed by atoms with Crippen LogP contribution in [0.5, 0.6) is 0 Å². The lowest BCUT2D eigenvalue weighted by Crippen LogP contribution is -2.24. The van der Waals surface area contributed by atoms with E-state index in [1.807, 2.05) is 7.05 Å². The Morgan fingerprint density at radius 2 is 2.38 bits per heavy atom. The summed E-state index contributed by atoms with van der Waals surface area (Å²) in [5, 5.41) is 7.03. The van der Waals surface area contributed by atoms with Gasteiger partial charge in [-0.15, -0.1) is 0 Å². The molecule has 1 saturated heterocycles. The molecule has 1 aliphatic heterocycles. The minimum atomic E-state index is -0.184. The third kappa shape index (κ3) is 2.78. The van der Waals surface area contributed by atoms with Crippen LogP contribution in [0, 0.1) is 0 Å². The first-order valence-corrected chi connectivity index (χ1v) is 5.48. The van der Waals surface area contributed by atoms with E-state index in [1.165, 1.54) is 0 Å². The van der Waals surface area contributed by atoms with Crippen molar-refractivity contribution in [2.24, 2.45) is 0 Å². The highest BCUT2D eigenvalue weighted by Gasteiger charge is 2.22. The van der Waals surface area contributed by atoms with Gasteiger partial charge in [0.15, 0.2) is 0 Å². The van der Waals surface area contributed by atoms with Gasteiger partial charge in [0.25, 0.3) is 0 Å². The topological polar surface area (TPSA) is 69.4 Å². The lowest BCUT2D eigenvalue weighted by atomic mass is 10.2. The van der Waals surface area contributed by atoms with E-state index in [2.05, 4.69) is 22.4 Å². The summed E-state index contributed by atoms with van der Waals surface area (Å²) in [6, 6.07) is 0.317. The summed E-state index contributed by atoms with van der Waals surface area (Å²) >= 11 is 0. The SMILES string of the molecule is CNC(C)Cc1nc(C2COCCO2)no1. The molecule has 1 aromatic rings. The molecule has 2 rings (SSSR count). The van der Waals surface area contributed by atoms with E-state index in [1.54, 1.807) is 0 Å². The van der Waals surface area contributed by atoms with E-state index < -0.39 is 0 Å². The molecule has 2 unspecified atom stereocenters. The molecule has 2 heterocycles. The first kappa shape index (κ1) is 11.5. The highest BCUT2D eigenvalue weighted by molar-refractivity contribution is 4.93. The van der Waals surface area contributed by atoms with E-state index >= 15 is 0 Å². The zero-order valence-corrected chi connectivity index (χ0v) is 9.60. The van der Waals surface area contributed by atoms with Crippen LogP contribution in [0.15, 0.2) is 4.52 Å². The van der Waals surface area contributed by atoms with Crippen molar-refractivity contribution in [1.82, 2.24) is 15.5 Å². The fraction of sp³-hybridized carbons (Fsp3) is 0.800. The Labute approximate surface area is 94.3 Å². The van der Waals surface area contributed by atoms with E-state index in [-0.39, 0.29) is 6.10 Å². The zero-order chi connectivity index (χ0) is 11.4. The maximum absolute atomic E-state index is 5.48. The third-order valence-electron chi connectivity index (χ3n) is 2.56. The summed E-state index contributed by atoms with van der Waals surface area (Å²) in [4.78, 5) is 4.30. The predicted octanol–water partition coefficient (Wildman–Crippen LogP) is 0.308. The van der Waals surface area contributed by atoms with Crippen molar-refractivity contribution in [2.75, 3.05) is 26.9 Å². The average molecular weight is 227 g/mol. The predicted molar refractivity (Wildman–Crippen MR) is 56.0 cm³/mol. The standard InChI is InChI=1S/C10H17N3O3/c1-7(11-2)5-9-12-10(13-16-9)8-6-14-3-4-15-8/h7-8,11H,3-6H2,1-2H3. The van der Waals surface area contributed by atoms with Crippen LogP contribution < -0.4 is 5.32 Å². The summed E-state index contributed by atoms with van der Waals surface area (Å²) < 4.78 is 15.9. The summed E-state index contributed by atoms with van der Waals surface area (Å²) in [6.45, 7) is 3.78. The molecule has 16 heavy (non-hydrogen) atoms. The molecule has 1 fully saturated rings. The van der Waals surface area contributed by atoms with Crippen molar-refractivity contribution >= 4 is 0 Å². The maximum atomic E-state index is 5.48. The molecule has 1 N–H and O–H groups in total. The highest BCUT2D eigenvalue weighted by Crippen LogP contribution is 2.17. The minimum absolute atomic E-state index is 0.184. The first-order chi connectivity index (χ1) is 7.79. The molecule has 90 valence electrons. The molecule has 1 aliphatic rings. The van der Waals surface area contributed by atoms with Gasteiger partial charge in [0.1, 0.15) is 6.10 Å². The number of rotatable bonds is 4. The van der Waals surface area contributed by atoms with E-state index in [4.69, 9.17) is 14.0 Å². The van der Waals surface area contributed by atoms with Gasteiger partial charge in [-0.25, -0.2) is 0 Å². The second-order valence-corrected chi connectivity index (χ2v) is 3.87. The fourth-order valence-electron chi connectivity index (χ4n) is 1.48. The van der Waals surface area contributed by atoms with Gasteiger partial charge in [0.2, 0.25) is 11.7 Å². The molecular weight excluding hydrogens is 210 g/mol. The van der Waals surface area contributed by atoms with Crippen molar-refractivity contribution in [3.8, 4) is 0 Å². The van der Waals surface area contributed by atoms with Gasteiger partial charge >= 0.3 is 0 Å². The Morgan fingerprint density at radius 3 is 3.06 bits per heavy atom. The molecule has 0 aliphatic carbocycles. The van der Waals surface area contributed by atoms with Crippen molar-refractivity contribution in [1.29, 1.82) is 0 Å². The molecule has 0 bridgehead atoms. The van der Waals surface area contributed by atoms with E-state index in [0.29, 0.717) is 37.6 Å². The smallest absolute Gasteiger partial charge is 0.228 e. The number of aromatic nitrogens is 2. The van der Waals surface area contributed by atoms with Crippen LogP contribution in [0.4, 0.5) is 0 Å². The Bertz CT molecular complexity index is 323. The number of hydrogen-bond acceptors (Lipinski definition) is 6. The lowest BCUT2D eigenvalue weighted by Gasteiger charge is -2.19. The molecule has 1 aromatic heterocycles. The zero-order valence-electron chi connectivity index (χ0n) is 9.60. The Kier molecular flexibility index (Phi) is 3.87. The monoisotopic (exact) mass is 227 g/mol. The van der Waals surface area contributed by atoms with Crippen LogP contribution >= 0.6 is 0 Å². The number of hydrogen-bond donors (Lipinski definition) is 1. The fourth-order valence-corrected chi connectivity index (χ4v) is 1.48. The van der Waals surface area contributed by atoms with Crippen LogP contribution in [-0.4, -0.2) is 43.1 Å². The van der Waals surface area contributed by atoms with Crippen LogP contribution in [-0.2, 0) is 15.9 Å². The van der Waals surface area contributed by atoms with Crippen molar-refractivity contribution in [3.63, 3.8) is 0 Å². The van der Waals surface area contributed by atoms with Crippen molar-refractivity contribution in [3.05, 3.63) is 11.7 Å². The molecule has 2 atom stereocenters. The van der Waals surface area contributed by atoms with Gasteiger partial charge in [0, 0.05) is 12.5 Å². The molecular formula is C10H17N3O3. The van der Waals surface area contributed by atoms with Gasteiger partial charge < -0.3 is 19.3 Å². The number of nitrogens with zero attached hydrogens (tertiary/aromatic N) is 2. The van der Waals surface area contributed by atoms with E-state index in [9.17, 15) is 0 Å². The number of likely N-dealkylation sites (N-methyl/N-ethyl adjacent to an activating group) is 1. The third-order valence-corrected chi connectivity index (χ3v) is 2.56. The molecule has 0 radical (unpaired) electrons. The minimum Gasteiger partial charge on any atom is -0.376 e. The maximum Gasteiger partial charge on any atom is 0.228 e. The molecule has 0 amide bonds. The summed E-state index contributed by atoms with van der Waals surface area (Å²) in [7, 11) is 1.90. The molecule has 0 aromatic carbocycles. The summed E-state index contributed by atoms with van der Waals surface area (Å²) in [6.07, 6.45) is 0.535. The lowest BCUT2D eigenvalue weighted by molar-refractivity contribution is -0.0941. The van der Waals surface area contributed by atoms with Crippen molar-refractivity contribution in [2.45, 2.75) is 25.5 Å². The summed E-state index contributed by atoms with van der Waals surface area (Å²) in [5.74, 6) is 1.21. The van der Waals surface area contributed by atoms with Crippen molar-refractivity contribution < 1.29 is 14.0 Å². The normalized spacial score (nSPS) is 23.2. The van der Waals surface area contributed by atoms with Crippen LogP contribution in [0.25, 0.3) is 0 Å². The van der Waals surface area contributed by atoms with Gasteiger partial charge in [-0.2, -0.15) is 4.98 Å². The Balaban J connectivity index is 1.95. The van der Waals surface area contributed by atoms with Gasteiger partial charge in [0.05, 0.1) is 19.8 Å². The highest BCUT2D eigenvalue weighted by atomic mass is 16.6. The molecule has 0 saturated carbocycles. The van der Waals surface area contributed by atoms with E-state index in [0.717, 1.165) is 6.42 Å². The van der Waals surface area contributed by atoms with Crippen LogP contribution in [0.2, 0.25) is 0 Å². The largest absolute Gasteiger partial charge is 0.376 e. The second kappa shape index (κ2) is 5.38. The number of ether oxygens (including phenoxy) is 2. The Morgan fingerprint density at radius 1 is 1.50 bits per heavy atom. The Hall–Kier alpha value is -0.980.